The molecule has 1 N–H and O–H groups in total. The highest BCUT2D eigenvalue weighted by molar-refractivity contribution is 5.77. The van der Waals surface area contributed by atoms with Crippen molar-refractivity contribution in [2.24, 2.45) is 0 Å². The average molecular weight is 406 g/mol. The van der Waals surface area contributed by atoms with Crippen LogP contribution in [-0.2, 0) is 19.5 Å². The number of imidazole rings is 1. The highest BCUT2D eigenvalue weighted by Gasteiger charge is 2.20. The number of aromatic nitrogens is 5. The van der Waals surface area contributed by atoms with Gasteiger partial charge in [-0.3, -0.25) is 9.08 Å². The maximum atomic E-state index is 14.5. The van der Waals surface area contributed by atoms with Crippen LogP contribution in [0.25, 0.3) is 16.8 Å². The molecule has 5 rings (SSSR count). The van der Waals surface area contributed by atoms with Crippen molar-refractivity contribution in [3.05, 3.63) is 59.6 Å². The molecule has 0 radical (unpaired) electrons. The Balaban J connectivity index is 1.49. The number of nitrogens with zero attached hydrogens (tertiary/aromatic N) is 5. The molecule has 0 fully saturated rings. The quantitative estimate of drug-likeness (QED) is 0.524. The Labute approximate surface area is 173 Å². The van der Waals surface area contributed by atoms with Crippen LogP contribution in [0.15, 0.2) is 36.9 Å². The van der Waals surface area contributed by atoms with E-state index < -0.39 is 0 Å². The molecule has 1 aliphatic rings. The monoisotopic (exact) mass is 406 g/mol. The van der Waals surface area contributed by atoms with Gasteiger partial charge in [-0.05, 0) is 25.5 Å². The van der Waals surface area contributed by atoms with Gasteiger partial charge in [-0.1, -0.05) is 6.92 Å². The molecule has 8 heteroatoms. The molecule has 0 unspecified atom stereocenters. The van der Waals surface area contributed by atoms with E-state index in [0.717, 1.165) is 53.2 Å². The van der Waals surface area contributed by atoms with Crippen molar-refractivity contribution in [3.8, 4) is 16.9 Å². The fourth-order valence-corrected chi connectivity index (χ4v) is 3.96. The molecule has 154 valence electrons. The maximum absolute atomic E-state index is 14.5. The van der Waals surface area contributed by atoms with E-state index in [-0.39, 0.29) is 5.82 Å². The minimum atomic E-state index is -0.232. The van der Waals surface area contributed by atoms with Gasteiger partial charge in [0.25, 0.3) is 0 Å². The summed E-state index contributed by atoms with van der Waals surface area (Å²) in [7, 11) is 0. The van der Waals surface area contributed by atoms with E-state index in [1.54, 1.807) is 12.3 Å². The molecule has 1 aliphatic heterocycles. The summed E-state index contributed by atoms with van der Waals surface area (Å²) in [6, 6.07) is 3.16. The van der Waals surface area contributed by atoms with Crippen molar-refractivity contribution < 1.29 is 9.13 Å². The lowest BCUT2D eigenvalue weighted by molar-refractivity contribution is 0.356. The van der Waals surface area contributed by atoms with Gasteiger partial charge in [0.05, 0.1) is 18.5 Å². The van der Waals surface area contributed by atoms with Crippen LogP contribution in [0.1, 0.15) is 30.2 Å². The van der Waals surface area contributed by atoms with Gasteiger partial charge in [-0.25, -0.2) is 14.4 Å². The van der Waals surface area contributed by atoms with Gasteiger partial charge in [-0.2, -0.15) is 5.10 Å². The van der Waals surface area contributed by atoms with Crippen LogP contribution in [0.2, 0.25) is 0 Å². The number of nitrogens with one attached hydrogen (secondary N) is 1. The van der Waals surface area contributed by atoms with Gasteiger partial charge >= 0.3 is 0 Å². The number of fused-ring (bicyclic) bond motifs is 2. The molecular weight excluding hydrogens is 383 g/mol. The molecule has 4 heterocycles. The van der Waals surface area contributed by atoms with Crippen LogP contribution in [-0.4, -0.2) is 30.8 Å². The van der Waals surface area contributed by atoms with E-state index in [2.05, 4.69) is 27.3 Å². The Morgan fingerprint density at radius 1 is 1.23 bits per heavy atom. The van der Waals surface area contributed by atoms with Crippen molar-refractivity contribution in [2.75, 3.05) is 11.9 Å². The number of anilines is 1. The number of rotatable bonds is 6. The summed E-state index contributed by atoms with van der Waals surface area (Å²) < 4.78 is 23.9. The van der Waals surface area contributed by atoms with Crippen LogP contribution in [0, 0.1) is 12.7 Å². The molecule has 4 aromatic rings. The average Bonchev–Trinajstić information content (AvgIpc) is 3.46. The predicted molar refractivity (Wildman–Crippen MR) is 112 cm³/mol. The van der Waals surface area contributed by atoms with E-state index in [0.29, 0.717) is 24.7 Å². The molecule has 0 bridgehead atoms. The first-order valence-electron chi connectivity index (χ1n) is 10.2. The molecule has 7 nitrogen and oxygen atoms in total. The Hall–Kier alpha value is -3.42. The predicted octanol–water partition coefficient (Wildman–Crippen LogP) is 4.00. The molecule has 0 saturated heterocycles. The maximum Gasteiger partial charge on any atom is 0.208 e. The fraction of sp³-hybridized carbons (Fsp3) is 0.318. The molecular formula is C22H23FN6O. The summed E-state index contributed by atoms with van der Waals surface area (Å²) in [5, 5.41) is 7.71. The largest absolute Gasteiger partial charge is 0.493 e. The number of halogens is 1. The lowest BCUT2D eigenvalue weighted by Crippen LogP contribution is -2.09. The summed E-state index contributed by atoms with van der Waals surface area (Å²) in [6.45, 7) is 5.85. The second kappa shape index (κ2) is 7.44. The Kier molecular flexibility index (Phi) is 4.61. The van der Waals surface area contributed by atoms with Crippen molar-refractivity contribution in [1.29, 1.82) is 0 Å². The van der Waals surface area contributed by atoms with Crippen LogP contribution < -0.4 is 10.1 Å². The first-order chi connectivity index (χ1) is 14.6. The van der Waals surface area contributed by atoms with E-state index in [9.17, 15) is 4.39 Å². The topological polar surface area (TPSA) is 69.3 Å². The molecule has 0 saturated carbocycles. The molecule has 30 heavy (non-hydrogen) atoms. The van der Waals surface area contributed by atoms with Crippen LogP contribution in [0.4, 0.5) is 10.3 Å². The summed E-state index contributed by atoms with van der Waals surface area (Å²) in [6.07, 6.45) is 9.32. The number of benzene rings is 1. The van der Waals surface area contributed by atoms with Crippen LogP contribution >= 0.6 is 0 Å². The molecule has 0 aliphatic carbocycles. The summed E-state index contributed by atoms with van der Waals surface area (Å²) in [5.41, 5.74) is 5.12. The zero-order valence-electron chi connectivity index (χ0n) is 17.0. The lowest BCUT2D eigenvalue weighted by atomic mass is 10.0. The van der Waals surface area contributed by atoms with Gasteiger partial charge in [-0.15, -0.1) is 0 Å². The van der Waals surface area contributed by atoms with Gasteiger partial charge in [0.1, 0.15) is 17.2 Å². The van der Waals surface area contributed by atoms with Crippen molar-refractivity contribution in [2.45, 2.75) is 39.8 Å². The van der Waals surface area contributed by atoms with Gasteiger partial charge in [0.2, 0.25) is 5.95 Å². The number of ether oxygens (including phenoxy) is 1. The van der Waals surface area contributed by atoms with Crippen molar-refractivity contribution in [3.63, 3.8) is 0 Å². The smallest absolute Gasteiger partial charge is 0.208 e. The Morgan fingerprint density at radius 2 is 2.13 bits per heavy atom. The highest BCUT2D eigenvalue weighted by atomic mass is 19.1. The number of hydrogen-bond donors (Lipinski definition) is 1. The third-order valence-corrected chi connectivity index (χ3v) is 5.37. The van der Waals surface area contributed by atoms with E-state index >= 15 is 0 Å². The normalized spacial score (nSPS) is 12.9. The highest BCUT2D eigenvalue weighted by Crippen LogP contribution is 2.31. The zero-order valence-corrected chi connectivity index (χ0v) is 17.0. The van der Waals surface area contributed by atoms with Gasteiger partial charge < -0.3 is 10.1 Å². The van der Waals surface area contributed by atoms with Gasteiger partial charge in [0, 0.05) is 60.4 Å². The molecule has 0 spiro atoms. The zero-order chi connectivity index (χ0) is 20.7. The van der Waals surface area contributed by atoms with Crippen molar-refractivity contribution in [1.82, 2.24) is 24.1 Å². The molecule has 1 aromatic carbocycles. The minimum Gasteiger partial charge on any atom is -0.493 e. The second-order valence-electron chi connectivity index (χ2n) is 7.52. The second-order valence-corrected chi connectivity index (χ2v) is 7.52. The number of hydrogen-bond acceptors (Lipinski definition) is 5. The third kappa shape index (κ3) is 3.18. The summed E-state index contributed by atoms with van der Waals surface area (Å²) >= 11 is 0. The lowest BCUT2D eigenvalue weighted by Gasteiger charge is -2.12. The van der Waals surface area contributed by atoms with E-state index in [4.69, 9.17) is 4.74 Å². The van der Waals surface area contributed by atoms with E-state index in [1.165, 1.54) is 6.07 Å². The van der Waals surface area contributed by atoms with Crippen LogP contribution in [0.5, 0.6) is 5.75 Å². The van der Waals surface area contributed by atoms with E-state index in [1.807, 2.05) is 34.6 Å². The standard InChI is InChI=1S/C22H23FN6O/c1-3-7-28-13-15(9-26-28)17-10-24-22(29-12-14(2)27-21(17)29)25-11-18-16-6-8-30-20(16)5-4-19(18)23/h4-5,9-10,12-13H,3,6-8,11H2,1-2H3,(H,24,25). The Morgan fingerprint density at radius 3 is 3.00 bits per heavy atom. The van der Waals surface area contributed by atoms with Crippen molar-refractivity contribution >= 4 is 11.6 Å². The fourth-order valence-electron chi connectivity index (χ4n) is 3.96. The van der Waals surface area contributed by atoms with Crippen LogP contribution in [0.3, 0.4) is 0 Å². The molecule has 0 atom stereocenters. The molecule has 3 aromatic heterocycles. The number of aryl methyl sites for hydroxylation is 2. The molecule has 0 amide bonds. The SMILES string of the molecule is CCCn1cc(-c2cnc(NCc3c(F)ccc4c3CCO4)n3cc(C)nc23)cn1. The summed E-state index contributed by atoms with van der Waals surface area (Å²) in [5.74, 6) is 1.15. The van der Waals surface area contributed by atoms with Gasteiger partial charge in [0.15, 0.2) is 0 Å². The summed E-state index contributed by atoms with van der Waals surface area (Å²) in [4.78, 5) is 9.30. The first kappa shape index (κ1) is 18.6. The first-order valence-corrected chi connectivity index (χ1v) is 10.2. The third-order valence-electron chi connectivity index (χ3n) is 5.37. The minimum absolute atomic E-state index is 0.232. The Bertz CT molecular complexity index is 1230.